The third kappa shape index (κ3) is 5.05. The Morgan fingerprint density at radius 1 is 1.09 bits per heavy atom. The molecule has 35 heavy (non-hydrogen) atoms. The highest BCUT2D eigenvalue weighted by Gasteiger charge is 2.44. The molecule has 0 aliphatic heterocycles. The van der Waals surface area contributed by atoms with Crippen LogP contribution in [-0.2, 0) is 20.7 Å². The zero-order valence-corrected chi connectivity index (χ0v) is 19.7. The number of amides is 2. The Bertz CT molecular complexity index is 1200. The van der Waals surface area contributed by atoms with E-state index in [4.69, 9.17) is 4.74 Å². The number of alkyl carbamates (subject to hydrolysis) is 1. The number of hydrogen-bond acceptors (Lipinski definition) is 6. The molecule has 8 nitrogen and oxygen atoms in total. The van der Waals surface area contributed by atoms with Crippen LogP contribution in [-0.4, -0.2) is 47.3 Å². The van der Waals surface area contributed by atoms with E-state index in [2.05, 4.69) is 39.9 Å². The van der Waals surface area contributed by atoms with E-state index in [0.717, 1.165) is 16.0 Å². The van der Waals surface area contributed by atoms with Crippen LogP contribution in [0.4, 0.5) is 4.79 Å². The number of fused-ring (bicyclic) bond motifs is 3. The molecule has 1 saturated carbocycles. The van der Waals surface area contributed by atoms with Crippen molar-refractivity contribution in [1.82, 2.24) is 15.6 Å². The summed E-state index contributed by atoms with van der Waals surface area (Å²) in [5, 5.41) is 14.8. The van der Waals surface area contributed by atoms with E-state index in [1.165, 1.54) is 22.5 Å². The van der Waals surface area contributed by atoms with Gasteiger partial charge in [0.05, 0.1) is 5.51 Å². The summed E-state index contributed by atoms with van der Waals surface area (Å²) in [4.78, 5) is 41.1. The van der Waals surface area contributed by atoms with Gasteiger partial charge in [0.15, 0.2) is 0 Å². The van der Waals surface area contributed by atoms with Gasteiger partial charge >= 0.3 is 12.1 Å². The highest BCUT2D eigenvalue weighted by Crippen LogP contribution is 2.44. The van der Waals surface area contributed by atoms with Crippen molar-refractivity contribution < 1.29 is 24.2 Å². The Balaban J connectivity index is 1.09. The zero-order valence-electron chi connectivity index (χ0n) is 18.8. The third-order valence-corrected chi connectivity index (χ3v) is 7.42. The monoisotopic (exact) mass is 491 g/mol. The predicted molar refractivity (Wildman–Crippen MR) is 130 cm³/mol. The van der Waals surface area contributed by atoms with Crippen molar-refractivity contribution in [2.24, 2.45) is 11.8 Å². The second-order valence-electron chi connectivity index (χ2n) is 8.88. The van der Waals surface area contributed by atoms with Crippen LogP contribution >= 0.6 is 11.3 Å². The van der Waals surface area contributed by atoms with Gasteiger partial charge in [0.2, 0.25) is 5.91 Å². The maximum atomic E-state index is 12.5. The predicted octanol–water partition coefficient (Wildman–Crippen LogP) is 3.43. The Morgan fingerprint density at radius 2 is 1.77 bits per heavy atom. The molecule has 2 aromatic carbocycles. The molecule has 0 bridgehead atoms. The van der Waals surface area contributed by atoms with Crippen molar-refractivity contribution in [3.63, 3.8) is 0 Å². The van der Waals surface area contributed by atoms with Crippen LogP contribution in [0, 0.1) is 11.8 Å². The molecule has 1 fully saturated rings. The van der Waals surface area contributed by atoms with Gasteiger partial charge in [-0.3, -0.25) is 9.78 Å². The van der Waals surface area contributed by atoms with E-state index in [-0.39, 0.29) is 36.7 Å². The summed E-state index contributed by atoms with van der Waals surface area (Å²) < 4.78 is 5.54. The first-order valence-corrected chi connectivity index (χ1v) is 12.4. The largest absolute Gasteiger partial charge is 0.480 e. The van der Waals surface area contributed by atoms with Crippen LogP contribution in [0.3, 0.4) is 0 Å². The molecule has 9 heteroatoms. The van der Waals surface area contributed by atoms with Gasteiger partial charge in [0.25, 0.3) is 0 Å². The fourth-order valence-electron chi connectivity index (χ4n) is 4.68. The number of carbonyl (C=O) groups excluding carboxylic acids is 2. The molecule has 3 N–H and O–H groups in total. The quantitative estimate of drug-likeness (QED) is 0.422. The van der Waals surface area contributed by atoms with E-state index < -0.39 is 18.1 Å². The minimum atomic E-state index is -1.08. The Labute approximate surface area is 206 Å². The first-order valence-electron chi connectivity index (χ1n) is 11.5. The number of carbonyl (C=O) groups is 3. The number of nitrogens with one attached hydrogen (secondary N) is 2. The van der Waals surface area contributed by atoms with Gasteiger partial charge in [-0.25, -0.2) is 9.59 Å². The normalized spacial score (nSPS) is 18.7. The molecule has 0 spiro atoms. The summed E-state index contributed by atoms with van der Waals surface area (Å²) in [6.45, 7) is 0.535. The highest BCUT2D eigenvalue weighted by molar-refractivity contribution is 7.09. The second-order valence-corrected chi connectivity index (χ2v) is 9.85. The molecular formula is C26H25N3O5S. The average Bonchev–Trinajstić information content (AvgIpc) is 3.32. The lowest BCUT2D eigenvalue weighted by Gasteiger charge is -2.15. The maximum absolute atomic E-state index is 12.5. The van der Waals surface area contributed by atoms with Crippen molar-refractivity contribution in [3.8, 4) is 11.1 Å². The summed E-state index contributed by atoms with van der Waals surface area (Å²) in [5.41, 5.74) is 6.25. The number of hydrogen-bond donors (Lipinski definition) is 3. The van der Waals surface area contributed by atoms with E-state index in [1.807, 2.05) is 24.3 Å². The van der Waals surface area contributed by atoms with Gasteiger partial charge < -0.3 is 20.5 Å². The summed E-state index contributed by atoms with van der Waals surface area (Å²) in [7, 11) is 0. The standard InChI is InChI=1S/C26H25N3O5S/c30-24(29-23(25(31)32)10-16-12-27-14-35-16)21-9-15(21)11-28-26(33)34-13-22-19-7-3-1-5-17(19)18-6-2-4-8-20(18)22/h1-8,12,14-15,21-23H,9-11,13H2,(H,28,33)(H,29,30)(H,31,32)/t15-,21-,23?/m0/s1. The summed E-state index contributed by atoms with van der Waals surface area (Å²) in [6.07, 6.45) is 1.88. The highest BCUT2D eigenvalue weighted by atomic mass is 32.1. The number of carboxylic acids is 1. The van der Waals surface area contributed by atoms with Crippen molar-refractivity contribution in [1.29, 1.82) is 0 Å². The van der Waals surface area contributed by atoms with Crippen LogP contribution in [0.2, 0.25) is 0 Å². The summed E-state index contributed by atoms with van der Waals surface area (Å²) >= 11 is 1.35. The number of rotatable bonds is 9. The smallest absolute Gasteiger partial charge is 0.407 e. The topological polar surface area (TPSA) is 118 Å². The van der Waals surface area contributed by atoms with Gasteiger partial charge in [-0.05, 0) is 34.6 Å². The van der Waals surface area contributed by atoms with Crippen molar-refractivity contribution in [2.45, 2.75) is 24.8 Å². The van der Waals surface area contributed by atoms with Crippen molar-refractivity contribution >= 4 is 29.3 Å². The fourth-order valence-corrected chi connectivity index (χ4v) is 5.32. The van der Waals surface area contributed by atoms with Gasteiger partial charge in [0.1, 0.15) is 12.6 Å². The van der Waals surface area contributed by atoms with Gasteiger partial charge in [0, 0.05) is 35.9 Å². The second kappa shape index (κ2) is 9.87. The first-order chi connectivity index (χ1) is 17.0. The van der Waals surface area contributed by atoms with Crippen LogP contribution in [0.15, 0.2) is 60.2 Å². The Kier molecular flexibility index (Phi) is 6.50. The molecule has 0 radical (unpaired) electrons. The molecule has 1 unspecified atom stereocenters. The summed E-state index contributed by atoms with van der Waals surface area (Å²) in [6, 6.07) is 15.3. The Hall–Kier alpha value is -3.72. The number of carboxylic acid groups (broad SMARTS) is 1. The van der Waals surface area contributed by atoms with Gasteiger partial charge in [-0.15, -0.1) is 11.3 Å². The van der Waals surface area contributed by atoms with Crippen LogP contribution < -0.4 is 10.6 Å². The molecule has 1 heterocycles. The van der Waals surface area contributed by atoms with Crippen LogP contribution in [0.1, 0.15) is 28.3 Å². The SMILES string of the molecule is O=C(NC[C@@H]1C[C@@H]1C(=O)NC(Cc1cncs1)C(=O)O)OCC1c2ccccc2-c2ccccc21. The number of aliphatic carboxylic acids is 1. The zero-order chi connectivity index (χ0) is 24.4. The van der Waals surface area contributed by atoms with Crippen molar-refractivity contribution in [2.75, 3.05) is 13.2 Å². The van der Waals surface area contributed by atoms with Crippen LogP contribution in [0.5, 0.6) is 0 Å². The van der Waals surface area contributed by atoms with E-state index in [0.29, 0.717) is 13.0 Å². The first kappa shape index (κ1) is 23.0. The number of ether oxygens (including phenoxy) is 1. The van der Waals surface area contributed by atoms with Gasteiger partial charge in [-0.2, -0.15) is 0 Å². The lowest BCUT2D eigenvalue weighted by molar-refractivity contribution is -0.142. The van der Waals surface area contributed by atoms with E-state index in [9.17, 15) is 19.5 Å². The summed E-state index contributed by atoms with van der Waals surface area (Å²) in [5.74, 6) is -1.75. The lowest BCUT2D eigenvalue weighted by atomic mass is 9.98. The van der Waals surface area contributed by atoms with Crippen molar-refractivity contribution in [3.05, 3.63) is 76.2 Å². The molecule has 2 aliphatic rings. The fraction of sp³-hybridized carbons (Fsp3) is 0.308. The third-order valence-electron chi connectivity index (χ3n) is 6.61. The Morgan fingerprint density at radius 3 is 2.40 bits per heavy atom. The molecule has 5 rings (SSSR count). The molecule has 0 saturated heterocycles. The number of aromatic nitrogens is 1. The minimum Gasteiger partial charge on any atom is -0.480 e. The molecule has 1 aromatic heterocycles. The maximum Gasteiger partial charge on any atom is 0.407 e. The lowest BCUT2D eigenvalue weighted by Crippen LogP contribution is -2.43. The molecule has 2 amide bonds. The molecular weight excluding hydrogens is 466 g/mol. The van der Waals surface area contributed by atoms with Gasteiger partial charge in [-0.1, -0.05) is 48.5 Å². The van der Waals surface area contributed by atoms with Crippen LogP contribution in [0.25, 0.3) is 11.1 Å². The molecule has 3 aromatic rings. The number of nitrogens with zero attached hydrogens (tertiary/aromatic N) is 1. The molecule has 180 valence electrons. The number of thiazole rings is 1. The minimum absolute atomic E-state index is 0.0147. The average molecular weight is 492 g/mol. The van der Waals surface area contributed by atoms with E-state index in [1.54, 1.807) is 11.7 Å². The van der Waals surface area contributed by atoms with E-state index >= 15 is 0 Å². The molecule has 3 atom stereocenters. The number of benzene rings is 2. The molecule has 2 aliphatic carbocycles.